The molecule has 0 heterocycles. The fraction of sp³-hybridized carbons (Fsp3) is 0.375. The molecule has 0 spiro atoms. The van der Waals surface area contributed by atoms with Gasteiger partial charge in [-0.15, -0.1) is 0 Å². The van der Waals surface area contributed by atoms with Gasteiger partial charge >= 0.3 is 5.97 Å². The monoisotopic (exact) mass is 258 g/mol. The highest BCUT2D eigenvalue weighted by Gasteiger charge is 2.42. The van der Waals surface area contributed by atoms with Crippen LogP contribution in [0.5, 0.6) is 5.75 Å². The number of ether oxygens (including phenoxy) is 1. The third-order valence-corrected chi connectivity index (χ3v) is 3.84. The third-order valence-electron chi connectivity index (χ3n) is 3.84. The van der Waals surface area contributed by atoms with Crippen molar-refractivity contribution in [2.75, 3.05) is 0 Å². The number of benzene rings is 1. The van der Waals surface area contributed by atoms with E-state index in [2.05, 4.69) is 0 Å². The Bertz CT molecular complexity index is 516. The van der Waals surface area contributed by atoms with Crippen LogP contribution in [-0.2, 0) is 9.59 Å². The van der Waals surface area contributed by atoms with Crippen LogP contribution in [0.2, 0.25) is 0 Å². The lowest BCUT2D eigenvalue weighted by atomic mass is 9.73. The van der Waals surface area contributed by atoms with Crippen molar-refractivity contribution in [3.63, 3.8) is 0 Å². The third kappa shape index (κ3) is 2.75. The summed E-state index contributed by atoms with van der Waals surface area (Å²) in [6.45, 7) is 4.02. The Kier molecular flexibility index (Phi) is 3.84. The van der Waals surface area contributed by atoms with Gasteiger partial charge in [0.2, 0.25) is 0 Å². The zero-order valence-electron chi connectivity index (χ0n) is 11.3. The number of carbonyl (C=O) groups is 2. The van der Waals surface area contributed by atoms with Crippen molar-refractivity contribution in [3.05, 3.63) is 41.5 Å². The molecule has 19 heavy (non-hydrogen) atoms. The SMILES string of the molecule is CC1=C(C)C[C@@](C=O)(C(=O)Oc2ccccc2)CC1. The van der Waals surface area contributed by atoms with Gasteiger partial charge in [0.05, 0.1) is 0 Å². The zero-order chi connectivity index (χ0) is 13.9. The van der Waals surface area contributed by atoms with Crippen LogP contribution >= 0.6 is 0 Å². The fourth-order valence-electron chi connectivity index (χ4n) is 2.36. The van der Waals surface area contributed by atoms with E-state index in [1.54, 1.807) is 24.3 Å². The molecule has 0 saturated heterocycles. The molecular weight excluding hydrogens is 240 g/mol. The molecule has 3 nitrogen and oxygen atoms in total. The van der Waals surface area contributed by atoms with Crippen LogP contribution in [0.1, 0.15) is 33.1 Å². The predicted molar refractivity (Wildman–Crippen MR) is 72.8 cm³/mol. The largest absolute Gasteiger partial charge is 0.426 e. The standard InChI is InChI=1S/C16H18O3/c1-12-8-9-16(11-17,10-13(12)2)15(18)19-14-6-4-3-5-7-14/h3-7,11H,8-10H2,1-2H3/t16-/m0/s1. The van der Waals surface area contributed by atoms with Gasteiger partial charge in [0, 0.05) is 0 Å². The van der Waals surface area contributed by atoms with Crippen molar-refractivity contribution >= 4 is 12.3 Å². The summed E-state index contributed by atoms with van der Waals surface area (Å²) in [7, 11) is 0. The lowest BCUT2D eigenvalue weighted by Crippen LogP contribution is -2.38. The summed E-state index contributed by atoms with van der Waals surface area (Å²) in [5.74, 6) is 0.0400. The lowest BCUT2D eigenvalue weighted by molar-refractivity contribution is -0.149. The van der Waals surface area contributed by atoms with E-state index in [0.717, 1.165) is 18.3 Å². The minimum absolute atomic E-state index is 0.444. The Morgan fingerprint density at radius 1 is 1.21 bits per heavy atom. The molecule has 1 aromatic rings. The molecule has 2 rings (SSSR count). The molecule has 100 valence electrons. The quantitative estimate of drug-likeness (QED) is 0.275. The second kappa shape index (κ2) is 5.39. The molecule has 0 aromatic heterocycles. The Morgan fingerprint density at radius 2 is 1.89 bits per heavy atom. The molecule has 0 saturated carbocycles. The summed E-state index contributed by atoms with van der Waals surface area (Å²) < 4.78 is 5.34. The minimum Gasteiger partial charge on any atom is -0.426 e. The van der Waals surface area contributed by atoms with E-state index in [1.807, 2.05) is 19.9 Å². The van der Waals surface area contributed by atoms with Gasteiger partial charge in [-0.2, -0.15) is 0 Å². The minimum atomic E-state index is -1.01. The first-order valence-corrected chi connectivity index (χ1v) is 6.46. The van der Waals surface area contributed by atoms with E-state index in [1.165, 1.54) is 5.57 Å². The van der Waals surface area contributed by atoms with Crippen LogP contribution < -0.4 is 4.74 Å². The van der Waals surface area contributed by atoms with E-state index in [4.69, 9.17) is 4.74 Å². The molecular formula is C16H18O3. The van der Waals surface area contributed by atoms with E-state index in [0.29, 0.717) is 18.6 Å². The number of allylic oxidation sites excluding steroid dienone is 2. The molecule has 0 fully saturated rings. The van der Waals surface area contributed by atoms with E-state index in [9.17, 15) is 9.59 Å². The van der Waals surface area contributed by atoms with E-state index in [-0.39, 0.29) is 0 Å². The molecule has 1 aliphatic rings. The second-order valence-electron chi connectivity index (χ2n) is 5.21. The van der Waals surface area contributed by atoms with Crippen LogP contribution in [0.4, 0.5) is 0 Å². The second-order valence-corrected chi connectivity index (χ2v) is 5.21. The summed E-state index contributed by atoms with van der Waals surface area (Å²) in [5, 5.41) is 0. The van der Waals surface area contributed by atoms with Crippen LogP contribution in [0.15, 0.2) is 41.5 Å². The number of hydrogen-bond acceptors (Lipinski definition) is 3. The lowest BCUT2D eigenvalue weighted by Gasteiger charge is -2.31. The summed E-state index contributed by atoms with van der Waals surface area (Å²) in [6, 6.07) is 8.88. The molecule has 1 atom stereocenters. The molecule has 1 aromatic carbocycles. The van der Waals surface area contributed by atoms with Gasteiger partial charge in [0.15, 0.2) is 0 Å². The number of hydrogen-bond donors (Lipinski definition) is 0. The predicted octanol–water partition coefficient (Wildman–Crippen LogP) is 3.30. The molecule has 0 radical (unpaired) electrons. The van der Waals surface area contributed by atoms with Crippen LogP contribution in [0.3, 0.4) is 0 Å². The smallest absolute Gasteiger partial charge is 0.325 e. The highest BCUT2D eigenvalue weighted by molar-refractivity contribution is 5.95. The summed E-state index contributed by atoms with van der Waals surface area (Å²) in [6.07, 6.45) is 2.53. The number of carbonyl (C=O) groups excluding carboxylic acids is 2. The number of esters is 1. The van der Waals surface area contributed by atoms with E-state index >= 15 is 0 Å². The van der Waals surface area contributed by atoms with Crippen molar-refractivity contribution in [3.8, 4) is 5.75 Å². The van der Waals surface area contributed by atoms with Crippen LogP contribution in [0.25, 0.3) is 0 Å². The van der Waals surface area contributed by atoms with Crippen molar-refractivity contribution in [1.82, 2.24) is 0 Å². The van der Waals surface area contributed by atoms with Crippen LogP contribution in [0, 0.1) is 5.41 Å². The molecule has 0 amide bonds. The molecule has 1 aliphatic carbocycles. The highest BCUT2D eigenvalue weighted by atomic mass is 16.5. The highest BCUT2D eigenvalue weighted by Crippen LogP contribution is 2.38. The normalized spacial score (nSPS) is 23.1. The summed E-state index contributed by atoms with van der Waals surface area (Å²) >= 11 is 0. The first-order valence-electron chi connectivity index (χ1n) is 6.46. The Labute approximate surface area is 113 Å². The zero-order valence-corrected chi connectivity index (χ0v) is 11.3. The first-order chi connectivity index (χ1) is 9.07. The van der Waals surface area contributed by atoms with Crippen LogP contribution in [-0.4, -0.2) is 12.3 Å². The van der Waals surface area contributed by atoms with Crippen molar-refractivity contribution in [2.45, 2.75) is 33.1 Å². The fourth-order valence-corrected chi connectivity index (χ4v) is 2.36. The molecule has 0 bridgehead atoms. The Balaban J connectivity index is 2.19. The Morgan fingerprint density at radius 3 is 2.47 bits per heavy atom. The Hall–Kier alpha value is -1.90. The van der Waals surface area contributed by atoms with Gasteiger partial charge < -0.3 is 9.53 Å². The number of rotatable bonds is 3. The van der Waals surface area contributed by atoms with Gasteiger partial charge in [-0.3, -0.25) is 4.79 Å². The van der Waals surface area contributed by atoms with Gasteiger partial charge in [-0.1, -0.05) is 29.3 Å². The number of para-hydroxylation sites is 1. The molecule has 0 N–H and O–H groups in total. The van der Waals surface area contributed by atoms with E-state index < -0.39 is 11.4 Å². The summed E-state index contributed by atoms with van der Waals surface area (Å²) in [4.78, 5) is 23.7. The summed E-state index contributed by atoms with van der Waals surface area (Å²) in [5.41, 5.74) is 1.37. The molecule has 0 unspecified atom stereocenters. The molecule has 3 heteroatoms. The maximum absolute atomic E-state index is 12.3. The first kappa shape index (κ1) is 13.5. The van der Waals surface area contributed by atoms with Crippen molar-refractivity contribution in [1.29, 1.82) is 0 Å². The van der Waals surface area contributed by atoms with Gasteiger partial charge in [-0.25, -0.2) is 0 Å². The average molecular weight is 258 g/mol. The number of aldehydes is 1. The van der Waals surface area contributed by atoms with Gasteiger partial charge in [-0.05, 0) is 45.2 Å². The average Bonchev–Trinajstić information content (AvgIpc) is 2.43. The van der Waals surface area contributed by atoms with Gasteiger partial charge in [0.1, 0.15) is 17.5 Å². The van der Waals surface area contributed by atoms with Gasteiger partial charge in [0.25, 0.3) is 0 Å². The topological polar surface area (TPSA) is 43.4 Å². The molecule has 0 aliphatic heterocycles. The maximum Gasteiger partial charge on any atom is 0.325 e. The van der Waals surface area contributed by atoms with Crippen molar-refractivity contribution in [2.24, 2.45) is 5.41 Å². The van der Waals surface area contributed by atoms with Crippen molar-refractivity contribution < 1.29 is 14.3 Å². The maximum atomic E-state index is 12.3.